The lowest BCUT2D eigenvalue weighted by atomic mass is 10.1. The number of hydrogen-bond donors (Lipinski definition) is 2. The van der Waals surface area contributed by atoms with Gasteiger partial charge < -0.3 is 15.3 Å². The van der Waals surface area contributed by atoms with E-state index in [0.29, 0.717) is 30.8 Å². The number of β-amino-alcohol motifs (C(OH)–C–C–N with tert-alkyl or cyclic N) is 1. The van der Waals surface area contributed by atoms with E-state index >= 15 is 0 Å². The summed E-state index contributed by atoms with van der Waals surface area (Å²) in [7, 11) is 0. The molecular formula is C13H16N2O3. The van der Waals surface area contributed by atoms with E-state index in [9.17, 15) is 14.7 Å². The first-order valence-corrected chi connectivity index (χ1v) is 5.91. The Bertz CT molecular complexity index is 473. The molecule has 1 aliphatic rings. The minimum atomic E-state index is -0.424. The standard InChI is InChI=1S/C13H16N2O3/c1-9(16)14-11-4-2-3-10(7-11)13(18)15-6-5-12(17)8-15/h2-4,7,12,17H,5-6,8H2,1H3,(H,14,16)/t12-/m1/s1. The smallest absolute Gasteiger partial charge is 0.254 e. The maximum absolute atomic E-state index is 12.1. The van der Waals surface area contributed by atoms with Gasteiger partial charge >= 0.3 is 0 Å². The van der Waals surface area contributed by atoms with Crippen LogP contribution in [0.4, 0.5) is 5.69 Å². The van der Waals surface area contributed by atoms with Crippen LogP contribution in [0.3, 0.4) is 0 Å². The monoisotopic (exact) mass is 248 g/mol. The third-order valence-corrected chi connectivity index (χ3v) is 2.88. The van der Waals surface area contributed by atoms with E-state index in [0.717, 1.165) is 0 Å². The summed E-state index contributed by atoms with van der Waals surface area (Å²) in [6.45, 7) is 2.37. The van der Waals surface area contributed by atoms with E-state index in [1.165, 1.54) is 6.92 Å². The number of aliphatic hydroxyl groups excluding tert-OH is 1. The van der Waals surface area contributed by atoms with Gasteiger partial charge in [-0.2, -0.15) is 0 Å². The molecule has 1 aromatic rings. The summed E-state index contributed by atoms with van der Waals surface area (Å²) in [5.74, 6) is -0.282. The molecule has 5 heteroatoms. The maximum atomic E-state index is 12.1. The molecule has 0 aromatic heterocycles. The lowest BCUT2D eigenvalue weighted by Gasteiger charge is -2.16. The average Bonchev–Trinajstić information content (AvgIpc) is 2.74. The molecule has 2 N–H and O–H groups in total. The number of nitrogens with one attached hydrogen (secondary N) is 1. The van der Waals surface area contributed by atoms with E-state index in [1.54, 1.807) is 29.2 Å². The van der Waals surface area contributed by atoms with Crippen LogP contribution >= 0.6 is 0 Å². The van der Waals surface area contributed by atoms with Gasteiger partial charge in [-0.3, -0.25) is 9.59 Å². The van der Waals surface area contributed by atoms with E-state index in [4.69, 9.17) is 0 Å². The van der Waals surface area contributed by atoms with Crippen molar-refractivity contribution in [2.45, 2.75) is 19.4 Å². The van der Waals surface area contributed by atoms with Crippen LogP contribution in [0.1, 0.15) is 23.7 Å². The fraction of sp³-hybridized carbons (Fsp3) is 0.385. The Hall–Kier alpha value is -1.88. The summed E-state index contributed by atoms with van der Waals surface area (Å²) in [5, 5.41) is 12.1. The number of aliphatic hydroxyl groups is 1. The van der Waals surface area contributed by atoms with Crippen molar-refractivity contribution in [2.24, 2.45) is 0 Å². The molecule has 1 aliphatic heterocycles. The predicted octanol–water partition coefficient (Wildman–Crippen LogP) is 0.852. The first-order chi connectivity index (χ1) is 8.56. The minimum Gasteiger partial charge on any atom is -0.391 e. The zero-order chi connectivity index (χ0) is 13.1. The molecule has 0 bridgehead atoms. The van der Waals surface area contributed by atoms with E-state index in [2.05, 4.69) is 5.32 Å². The van der Waals surface area contributed by atoms with Crippen LogP contribution in [-0.2, 0) is 4.79 Å². The van der Waals surface area contributed by atoms with Crippen LogP contribution < -0.4 is 5.32 Å². The SMILES string of the molecule is CC(=O)Nc1cccc(C(=O)N2CC[C@@H](O)C2)c1. The van der Waals surface area contributed by atoms with Crippen molar-refractivity contribution in [3.63, 3.8) is 0 Å². The first kappa shape index (κ1) is 12.6. The van der Waals surface area contributed by atoms with Crippen molar-refractivity contribution in [1.82, 2.24) is 4.90 Å². The van der Waals surface area contributed by atoms with Crippen LogP contribution in [0.25, 0.3) is 0 Å². The molecule has 1 atom stereocenters. The van der Waals surface area contributed by atoms with Gasteiger partial charge in [-0.05, 0) is 24.6 Å². The number of nitrogens with zero attached hydrogens (tertiary/aromatic N) is 1. The number of rotatable bonds is 2. The first-order valence-electron chi connectivity index (χ1n) is 5.91. The second-order valence-corrected chi connectivity index (χ2v) is 4.46. The van der Waals surface area contributed by atoms with Gasteiger partial charge in [-0.1, -0.05) is 6.07 Å². The Morgan fingerprint density at radius 3 is 2.83 bits per heavy atom. The van der Waals surface area contributed by atoms with E-state index < -0.39 is 6.10 Å². The molecule has 2 rings (SSSR count). The summed E-state index contributed by atoms with van der Waals surface area (Å²) in [6.07, 6.45) is 0.199. The van der Waals surface area contributed by atoms with Gasteiger partial charge in [0.2, 0.25) is 5.91 Å². The van der Waals surface area contributed by atoms with Crippen LogP contribution in [0.5, 0.6) is 0 Å². The number of benzene rings is 1. The number of amides is 2. The number of carbonyl (C=O) groups excluding carboxylic acids is 2. The molecule has 1 fully saturated rings. The second kappa shape index (κ2) is 5.18. The van der Waals surface area contributed by atoms with Gasteiger partial charge in [0, 0.05) is 31.3 Å². The van der Waals surface area contributed by atoms with Crippen molar-refractivity contribution in [2.75, 3.05) is 18.4 Å². The highest BCUT2D eigenvalue weighted by Crippen LogP contribution is 2.16. The molecule has 0 unspecified atom stereocenters. The van der Waals surface area contributed by atoms with Gasteiger partial charge in [-0.25, -0.2) is 0 Å². The lowest BCUT2D eigenvalue weighted by Crippen LogP contribution is -2.29. The molecule has 0 saturated carbocycles. The van der Waals surface area contributed by atoms with Gasteiger partial charge in [0.1, 0.15) is 0 Å². The fourth-order valence-corrected chi connectivity index (χ4v) is 2.04. The average molecular weight is 248 g/mol. The van der Waals surface area contributed by atoms with Crippen molar-refractivity contribution < 1.29 is 14.7 Å². The molecule has 0 radical (unpaired) electrons. The number of carbonyl (C=O) groups is 2. The third-order valence-electron chi connectivity index (χ3n) is 2.88. The molecule has 1 aromatic carbocycles. The molecule has 1 saturated heterocycles. The molecule has 18 heavy (non-hydrogen) atoms. The predicted molar refractivity (Wildman–Crippen MR) is 67.3 cm³/mol. The molecule has 0 aliphatic carbocycles. The Morgan fingerprint density at radius 2 is 2.22 bits per heavy atom. The number of hydrogen-bond acceptors (Lipinski definition) is 3. The lowest BCUT2D eigenvalue weighted by molar-refractivity contribution is -0.114. The minimum absolute atomic E-state index is 0.112. The van der Waals surface area contributed by atoms with E-state index in [-0.39, 0.29) is 11.8 Å². The Kier molecular flexibility index (Phi) is 3.62. The largest absolute Gasteiger partial charge is 0.391 e. The molecule has 5 nitrogen and oxygen atoms in total. The van der Waals surface area contributed by atoms with Gasteiger partial charge in [0.05, 0.1) is 6.10 Å². The fourth-order valence-electron chi connectivity index (χ4n) is 2.04. The highest BCUT2D eigenvalue weighted by molar-refractivity contribution is 5.96. The molecule has 2 amide bonds. The van der Waals surface area contributed by atoms with Crippen molar-refractivity contribution >= 4 is 17.5 Å². The van der Waals surface area contributed by atoms with E-state index in [1.807, 2.05) is 0 Å². The van der Waals surface area contributed by atoms with Crippen molar-refractivity contribution in [1.29, 1.82) is 0 Å². The normalized spacial score (nSPS) is 18.8. The molecule has 1 heterocycles. The van der Waals surface area contributed by atoms with Crippen LogP contribution in [-0.4, -0.2) is 41.0 Å². The summed E-state index contributed by atoms with van der Waals surface area (Å²) in [6, 6.07) is 6.81. The Morgan fingerprint density at radius 1 is 1.44 bits per heavy atom. The molecule has 96 valence electrons. The van der Waals surface area contributed by atoms with Crippen LogP contribution in [0.15, 0.2) is 24.3 Å². The van der Waals surface area contributed by atoms with Gasteiger partial charge in [0.15, 0.2) is 0 Å². The highest BCUT2D eigenvalue weighted by Gasteiger charge is 2.25. The number of likely N-dealkylation sites (tertiary alicyclic amines) is 1. The number of anilines is 1. The third kappa shape index (κ3) is 2.87. The molecular weight excluding hydrogens is 232 g/mol. The quantitative estimate of drug-likeness (QED) is 0.815. The summed E-state index contributed by atoms with van der Waals surface area (Å²) in [4.78, 5) is 24.7. The summed E-state index contributed by atoms with van der Waals surface area (Å²) in [5.41, 5.74) is 1.13. The van der Waals surface area contributed by atoms with Gasteiger partial charge in [-0.15, -0.1) is 0 Å². The zero-order valence-corrected chi connectivity index (χ0v) is 10.2. The molecule has 0 spiro atoms. The van der Waals surface area contributed by atoms with Crippen LogP contribution in [0.2, 0.25) is 0 Å². The highest BCUT2D eigenvalue weighted by atomic mass is 16.3. The topological polar surface area (TPSA) is 69.6 Å². The zero-order valence-electron chi connectivity index (χ0n) is 10.2. The summed E-state index contributed by atoms with van der Waals surface area (Å²) < 4.78 is 0. The van der Waals surface area contributed by atoms with Gasteiger partial charge in [0.25, 0.3) is 5.91 Å². The maximum Gasteiger partial charge on any atom is 0.254 e. The second-order valence-electron chi connectivity index (χ2n) is 4.46. The van der Waals surface area contributed by atoms with Crippen molar-refractivity contribution in [3.05, 3.63) is 29.8 Å². The summed E-state index contributed by atoms with van der Waals surface area (Å²) >= 11 is 0. The van der Waals surface area contributed by atoms with Crippen molar-refractivity contribution in [3.8, 4) is 0 Å². The Balaban J connectivity index is 2.12. The Labute approximate surface area is 105 Å². The van der Waals surface area contributed by atoms with Crippen LogP contribution in [0, 0.1) is 0 Å².